The molecular weight excluding hydrogens is 206 g/mol. The second kappa shape index (κ2) is 7.81. The number of H-pyrrole nitrogens is 1. The van der Waals surface area contributed by atoms with Crippen LogP contribution in [0.15, 0.2) is 6.33 Å². The fourth-order valence-electron chi connectivity index (χ4n) is 1.37. The molecule has 0 aliphatic heterocycles. The van der Waals surface area contributed by atoms with Crippen LogP contribution in [0.4, 0.5) is 0 Å². The Morgan fingerprint density at radius 3 is 3.00 bits per heavy atom. The van der Waals surface area contributed by atoms with E-state index in [0.717, 1.165) is 25.1 Å². The number of carbonyl (C=O) groups is 1. The lowest BCUT2D eigenvalue weighted by atomic mass is 10.2. The highest BCUT2D eigenvalue weighted by Gasteiger charge is 2.01. The molecule has 16 heavy (non-hydrogen) atoms. The third kappa shape index (κ3) is 5.45. The molecule has 1 rings (SSSR count). The summed E-state index contributed by atoms with van der Waals surface area (Å²) in [5.41, 5.74) is 5.36. The number of hydrogen-bond acceptors (Lipinski definition) is 4. The molecule has 90 valence electrons. The van der Waals surface area contributed by atoms with Gasteiger partial charge in [0.05, 0.1) is 0 Å². The summed E-state index contributed by atoms with van der Waals surface area (Å²) in [5.74, 6) is 0.889. The lowest BCUT2D eigenvalue weighted by Gasteiger charge is -2.03. The SMILES string of the molecule is NCCCCCC(=O)NCCc1ncn[nH]1. The number of unbranched alkanes of at least 4 members (excludes halogenated alkanes) is 2. The van der Waals surface area contributed by atoms with Gasteiger partial charge in [-0.05, 0) is 19.4 Å². The first-order chi connectivity index (χ1) is 7.83. The number of carbonyl (C=O) groups excluding carboxylic acids is 1. The third-order valence-corrected chi connectivity index (χ3v) is 2.26. The highest BCUT2D eigenvalue weighted by Crippen LogP contribution is 1.98. The molecule has 0 aliphatic rings. The molecule has 6 nitrogen and oxygen atoms in total. The second-order valence-corrected chi connectivity index (χ2v) is 3.63. The van der Waals surface area contributed by atoms with Gasteiger partial charge in [0.25, 0.3) is 0 Å². The highest BCUT2D eigenvalue weighted by atomic mass is 16.1. The van der Waals surface area contributed by atoms with Crippen LogP contribution in [-0.4, -0.2) is 34.2 Å². The predicted molar refractivity (Wildman–Crippen MR) is 60.6 cm³/mol. The maximum absolute atomic E-state index is 11.3. The Kier molecular flexibility index (Phi) is 6.17. The van der Waals surface area contributed by atoms with Crippen LogP contribution in [0.2, 0.25) is 0 Å². The first-order valence-electron chi connectivity index (χ1n) is 5.64. The molecule has 0 aliphatic carbocycles. The number of amides is 1. The quantitative estimate of drug-likeness (QED) is 0.542. The summed E-state index contributed by atoms with van der Waals surface area (Å²) in [5, 5.41) is 9.31. The Bertz CT molecular complexity index is 285. The van der Waals surface area contributed by atoms with Crippen molar-refractivity contribution in [1.29, 1.82) is 0 Å². The fourth-order valence-corrected chi connectivity index (χ4v) is 1.37. The summed E-state index contributed by atoms with van der Waals surface area (Å²) in [4.78, 5) is 15.3. The molecule has 0 fully saturated rings. The van der Waals surface area contributed by atoms with E-state index < -0.39 is 0 Å². The van der Waals surface area contributed by atoms with Gasteiger partial charge in [-0.2, -0.15) is 5.10 Å². The molecule has 0 spiro atoms. The summed E-state index contributed by atoms with van der Waals surface area (Å²) in [6, 6.07) is 0. The zero-order valence-corrected chi connectivity index (χ0v) is 9.41. The molecule has 0 aromatic carbocycles. The van der Waals surface area contributed by atoms with Gasteiger partial charge in [0.15, 0.2) is 0 Å². The average molecular weight is 225 g/mol. The van der Waals surface area contributed by atoms with Crippen LogP contribution in [0.25, 0.3) is 0 Å². The summed E-state index contributed by atoms with van der Waals surface area (Å²) in [6.45, 7) is 1.30. The van der Waals surface area contributed by atoms with Crippen molar-refractivity contribution in [1.82, 2.24) is 20.5 Å². The van der Waals surface area contributed by atoms with Gasteiger partial charge in [-0.15, -0.1) is 0 Å². The molecule has 0 saturated carbocycles. The van der Waals surface area contributed by atoms with Crippen molar-refractivity contribution < 1.29 is 4.79 Å². The normalized spacial score (nSPS) is 10.3. The Morgan fingerprint density at radius 2 is 2.31 bits per heavy atom. The first kappa shape index (κ1) is 12.6. The van der Waals surface area contributed by atoms with E-state index in [1.807, 2.05) is 0 Å². The standard InChI is InChI=1S/C10H19N5O/c11-6-3-1-2-4-10(16)12-7-5-9-13-8-14-15-9/h8H,1-7,11H2,(H,12,16)(H,13,14,15). The van der Waals surface area contributed by atoms with E-state index >= 15 is 0 Å². The Balaban J connectivity index is 1.98. The van der Waals surface area contributed by atoms with Gasteiger partial charge in [-0.1, -0.05) is 6.42 Å². The van der Waals surface area contributed by atoms with Gasteiger partial charge < -0.3 is 11.1 Å². The lowest BCUT2D eigenvalue weighted by molar-refractivity contribution is -0.121. The Hall–Kier alpha value is -1.43. The number of nitrogens with zero attached hydrogens (tertiary/aromatic N) is 2. The third-order valence-electron chi connectivity index (χ3n) is 2.26. The van der Waals surface area contributed by atoms with Crippen LogP contribution in [0, 0.1) is 0 Å². The molecule has 0 saturated heterocycles. The number of hydrogen-bond donors (Lipinski definition) is 3. The van der Waals surface area contributed by atoms with Gasteiger partial charge in [-0.25, -0.2) is 4.98 Å². The zero-order valence-electron chi connectivity index (χ0n) is 9.41. The molecule has 0 atom stereocenters. The maximum Gasteiger partial charge on any atom is 0.220 e. The van der Waals surface area contributed by atoms with E-state index in [9.17, 15) is 4.79 Å². The molecule has 4 N–H and O–H groups in total. The van der Waals surface area contributed by atoms with Crippen LogP contribution in [0.3, 0.4) is 0 Å². The number of aromatic nitrogens is 3. The summed E-state index contributed by atoms with van der Waals surface area (Å²) >= 11 is 0. The van der Waals surface area contributed by atoms with E-state index in [-0.39, 0.29) is 5.91 Å². The van der Waals surface area contributed by atoms with Crippen molar-refractivity contribution in [2.45, 2.75) is 32.1 Å². The lowest BCUT2D eigenvalue weighted by Crippen LogP contribution is -2.25. The number of aromatic amines is 1. The Labute approximate surface area is 95.0 Å². The van der Waals surface area contributed by atoms with Crippen molar-refractivity contribution >= 4 is 5.91 Å². The van der Waals surface area contributed by atoms with Crippen LogP contribution >= 0.6 is 0 Å². The first-order valence-corrected chi connectivity index (χ1v) is 5.64. The van der Waals surface area contributed by atoms with Crippen molar-refractivity contribution in [3.8, 4) is 0 Å². The van der Waals surface area contributed by atoms with E-state index in [0.29, 0.717) is 25.9 Å². The van der Waals surface area contributed by atoms with E-state index in [4.69, 9.17) is 5.73 Å². The van der Waals surface area contributed by atoms with Crippen molar-refractivity contribution in [3.63, 3.8) is 0 Å². The topological polar surface area (TPSA) is 96.7 Å². The molecule has 0 unspecified atom stereocenters. The molecule has 0 bridgehead atoms. The minimum atomic E-state index is 0.0940. The average Bonchev–Trinajstić information content (AvgIpc) is 2.77. The van der Waals surface area contributed by atoms with Crippen molar-refractivity contribution in [3.05, 3.63) is 12.2 Å². The summed E-state index contributed by atoms with van der Waals surface area (Å²) in [6.07, 6.45) is 5.65. The number of nitrogens with two attached hydrogens (primary N) is 1. The van der Waals surface area contributed by atoms with Crippen molar-refractivity contribution in [2.75, 3.05) is 13.1 Å². The molecule has 1 aromatic heterocycles. The van der Waals surface area contributed by atoms with E-state index in [2.05, 4.69) is 20.5 Å². The van der Waals surface area contributed by atoms with Gasteiger partial charge in [0.1, 0.15) is 12.2 Å². The maximum atomic E-state index is 11.3. The van der Waals surface area contributed by atoms with E-state index in [1.54, 1.807) is 0 Å². The molecule has 6 heteroatoms. The number of nitrogens with one attached hydrogen (secondary N) is 2. The van der Waals surface area contributed by atoms with Crippen LogP contribution in [-0.2, 0) is 11.2 Å². The van der Waals surface area contributed by atoms with Crippen LogP contribution in [0.5, 0.6) is 0 Å². The minimum absolute atomic E-state index is 0.0940. The van der Waals surface area contributed by atoms with Crippen LogP contribution < -0.4 is 11.1 Å². The van der Waals surface area contributed by atoms with Gasteiger partial charge >= 0.3 is 0 Å². The van der Waals surface area contributed by atoms with Crippen molar-refractivity contribution in [2.24, 2.45) is 5.73 Å². The van der Waals surface area contributed by atoms with Crippen LogP contribution in [0.1, 0.15) is 31.5 Å². The number of rotatable bonds is 8. The smallest absolute Gasteiger partial charge is 0.220 e. The van der Waals surface area contributed by atoms with E-state index in [1.165, 1.54) is 6.33 Å². The Morgan fingerprint density at radius 1 is 1.44 bits per heavy atom. The predicted octanol–water partition coefficient (Wildman–Crippen LogP) is -0.0175. The minimum Gasteiger partial charge on any atom is -0.356 e. The monoisotopic (exact) mass is 225 g/mol. The van der Waals surface area contributed by atoms with Gasteiger partial charge in [0.2, 0.25) is 5.91 Å². The van der Waals surface area contributed by atoms with Gasteiger partial charge in [0, 0.05) is 19.4 Å². The largest absolute Gasteiger partial charge is 0.356 e. The van der Waals surface area contributed by atoms with Gasteiger partial charge in [-0.3, -0.25) is 9.89 Å². The molecule has 1 heterocycles. The highest BCUT2D eigenvalue weighted by molar-refractivity contribution is 5.75. The fraction of sp³-hybridized carbons (Fsp3) is 0.700. The summed E-state index contributed by atoms with van der Waals surface area (Å²) in [7, 11) is 0. The molecule has 1 aromatic rings. The summed E-state index contributed by atoms with van der Waals surface area (Å²) < 4.78 is 0. The molecular formula is C10H19N5O. The zero-order chi connectivity index (χ0) is 11.6. The molecule has 1 amide bonds. The second-order valence-electron chi connectivity index (χ2n) is 3.63. The molecule has 0 radical (unpaired) electrons.